The largest absolute Gasteiger partial charge is 0.406 e. The van der Waals surface area contributed by atoms with Gasteiger partial charge < -0.3 is 15.4 Å². The summed E-state index contributed by atoms with van der Waals surface area (Å²) in [5.74, 6) is 1.15. The van der Waals surface area contributed by atoms with Crippen LogP contribution in [0.4, 0.5) is 11.6 Å². The Labute approximate surface area is 107 Å². The van der Waals surface area contributed by atoms with Crippen LogP contribution < -0.4 is 5.32 Å². The molecule has 1 N–H and O–H groups in total. The molecule has 6 heteroatoms. The molecular weight excluding hydrogens is 232 g/mol. The molecule has 0 spiro atoms. The first-order valence-electron chi connectivity index (χ1n) is 6.54. The fraction of sp³-hybridized carbons (Fsp3) is 0.750. The summed E-state index contributed by atoms with van der Waals surface area (Å²) in [5.41, 5.74) is 0. The number of anilines is 1. The first-order chi connectivity index (χ1) is 8.59. The fourth-order valence-electron chi connectivity index (χ4n) is 2.50. The van der Waals surface area contributed by atoms with Crippen LogP contribution in [-0.2, 0) is 7.05 Å². The average Bonchev–Trinajstić information content (AvgIpc) is 2.56. The van der Waals surface area contributed by atoms with Crippen molar-refractivity contribution in [2.75, 3.05) is 5.32 Å². The lowest BCUT2D eigenvalue weighted by molar-refractivity contribution is -0.388. The van der Waals surface area contributed by atoms with Gasteiger partial charge in [-0.1, -0.05) is 25.7 Å². The van der Waals surface area contributed by atoms with Crippen molar-refractivity contribution >= 4 is 11.6 Å². The van der Waals surface area contributed by atoms with Gasteiger partial charge in [-0.15, -0.1) is 0 Å². The van der Waals surface area contributed by atoms with Crippen molar-refractivity contribution in [1.82, 2.24) is 9.55 Å². The molecule has 100 valence electrons. The minimum Gasteiger partial charge on any atom is -0.362 e. The van der Waals surface area contributed by atoms with Gasteiger partial charge in [0.1, 0.15) is 0 Å². The van der Waals surface area contributed by atoms with Gasteiger partial charge in [-0.05, 0) is 22.7 Å². The van der Waals surface area contributed by atoms with E-state index in [1.165, 1.54) is 25.7 Å². The van der Waals surface area contributed by atoms with E-state index in [2.05, 4.69) is 10.3 Å². The first-order valence-corrected chi connectivity index (χ1v) is 6.54. The highest BCUT2D eigenvalue weighted by atomic mass is 16.6. The Balaban J connectivity index is 2.19. The van der Waals surface area contributed by atoms with Crippen LogP contribution >= 0.6 is 0 Å². The van der Waals surface area contributed by atoms with Crippen LogP contribution in [0.2, 0.25) is 0 Å². The van der Waals surface area contributed by atoms with Crippen LogP contribution in [0.1, 0.15) is 44.3 Å². The van der Waals surface area contributed by atoms with Crippen molar-refractivity contribution in [3.05, 3.63) is 15.9 Å². The summed E-state index contributed by atoms with van der Waals surface area (Å²) >= 11 is 0. The molecule has 1 aliphatic rings. The Morgan fingerprint density at radius 2 is 1.94 bits per heavy atom. The molecule has 0 amide bonds. The predicted molar refractivity (Wildman–Crippen MR) is 69.7 cm³/mol. The second-order valence-corrected chi connectivity index (χ2v) is 4.98. The number of imidazole rings is 1. The van der Waals surface area contributed by atoms with Gasteiger partial charge in [0, 0.05) is 20.0 Å². The van der Waals surface area contributed by atoms with Crippen molar-refractivity contribution in [3.8, 4) is 0 Å². The van der Waals surface area contributed by atoms with Crippen molar-refractivity contribution in [3.63, 3.8) is 0 Å². The molecule has 1 saturated carbocycles. The molecule has 18 heavy (non-hydrogen) atoms. The standard InChI is InChI=1S/C12H20N4O2/c1-9-13-12(16(17)18)11(15(9)2)14-10-7-5-3-4-6-8-10/h10,14H,3-8H2,1-2H3. The third-order valence-corrected chi connectivity index (χ3v) is 3.67. The lowest BCUT2D eigenvalue weighted by Gasteiger charge is -2.17. The van der Waals surface area contributed by atoms with Crippen LogP contribution in [-0.4, -0.2) is 20.5 Å². The van der Waals surface area contributed by atoms with E-state index in [9.17, 15) is 10.1 Å². The van der Waals surface area contributed by atoms with Crippen molar-refractivity contribution in [2.45, 2.75) is 51.5 Å². The maximum absolute atomic E-state index is 11.0. The third-order valence-electron chi connectivity index (χ3n) is 3.67. The molecule has 0 radical (unpaired) electrons. The maximum Gasteiger partial charge on any atom is 0.406 e. The zero-order valence-corrected chi connectivity index (χ0v) is 11.0. The molecule has 1 heterocycles. The number of rotatable bonds is 3. The number of hydrogen-bond acceptors (Lipinski definition) is 4. The van der Waals surface area contributed by atoms with Gasteiger partial charge in [0.2, 0.25) is 11.6 Å². The number of nitro groups is 1. The number of aromatic nitrogens is 2. The van der Waals surface area contributed by atoms with E-state index in [1.54, 1.807) is 11.5 Å². The first kappa shape index (κ1) is 12.9. The molecule has 0 aliphatic heterocycles. The van der Waals surface area contributed by atoms with E-state index in [4.69, 9.17) is 0 Å². The van der Waals surface area contributed by atoms with E-state index < -0.39 is 4.92 Å². The van der Waals surface area contributed by atoms with Crippen LogP contribution in [0.15, 0.2) is 0 Å². The predicted octanol–water partition coefficient (Wildman–Crippen LogP) is 2.77. The van der Waals surface area contributed by atoms with Crippen molar-refractivity contribution < 1.29 is 4.92 Å². The number of hydrogen-bond donors (Lipinski definition) is 1. The van der Waals surface area contributed by atoms with Crippen LogP contribution in [0.3, 0.4) is 0 Å². The van der Waals surface area contributed by atoms with Crippen LogP contribution in [0, 0.1) is 17.0 Å². The van der Waals surface area contributed by atoms with Gasteiger partial charge in [-0.3, -0.25) is 4.57 Å². The van der Waals surface area contributed by atoms with E-state index in [0.29, 0.717) is 17.7 Å². The second-order valence-electron chi connectivity index (χ2n) is 4.98. The second kappa shape index (κ2) is 5.37. The number of nitrogens with one attached hydrogen (secondary N) is 1. The highest BCUT2D eigenvalue weighted by molar-refractivity contribution is 5.54. The average molecular weight is 252 g/mol. The van der Waals surface area contributed by atoms with Crippen LogP contribution in [0.5, 0.6) is 0 Å². The zero-order valence-electron chi connectivity index (χ0n) is 11.0. The summed E-state index contributed by atoms with van der Waals surface area (Å²) in [7, 11) is 1.81. The molecule has 6 nitrogen and oxygen atoms in total. The summed E-state index contributed by atoms with van der Waals surface area (Å²) in [4.78, 5) is 14.6. The number of aryl methyl sites for hydroxylation is 1. The molecule has 0 saturated heterocycles. The Bertz CT molecular complexity index is 434. The Kier molecular flexibility index (Phi) is 3.84. The normalized spacial score (nSPS) is 17.4. The molecule has 0 bridgehead atoms. The lowest BCUT2D eigenvalue weighted by Crippen LogP contribution is -2.20. The van der Waals surface area contributed by atoms with Gasteiger partial charge in [-0.25, -0.2) is 0 Å². The molecule has 1 aromatic rings. The Morgan fingerprint density at radius 1 is 1.33 bits per heavy atom. The summed E-state index contributed by atoms with van der Waals surface area (Å²) in [6.07, 6.45) is 7.10. The maximum atomic E-state index is 11.0. The summed E-state index contributed by atoms with van der Waals surface area (Å²) < 4.78 is 1.77. The van der Waals surface area contributed by atoms with E-state index in [-0.39, 0.29) is 5.82 Å². The molecule has 1 fully saturated rings. The quantitative estimate of drug-likeness (QED) is 0.510. The highest BCUT2D eigenvalue weighted by Crippen LogP contribution is 2.27. The lowest BCUT2D eigenvalue weighted by atomic mass is 10.1. The third kappa shape index (κ3) is 2.63. The van der Waals surface area contributed by atoms with Crippen molar-refractivity contribution in [2.24, 2.45) is 7.05 Å². The molecule has 0 aromatic carbocycles. The SMILES string of the molecule is Cc1nc([N+](=O)[O-])c(NC2CCCCCC2)n1C. The Morgan fingerprint density at radius 3 is 2.50 bits per heavy atom. The summed E-state index contributed by atoms with van der Waals surface area (Å²) in [6.45, 7) is 1.78. The van der Waals surface area contributed by atoms with Crippen LogP contribution in [0.25, 0.3) is 0 Å². The molecule has 2 rings (SSSR count). The molecule has 1 aromatic heterocycles. The Hall–Kier alpha value is -1.59. The van der Waals surface area contributed by atoms with Gasteiger partial charge in [0.05, 0.1) is 0 Å². The van der Waals surface area contributed by atoms with Gasteiger partial charge in [0.25, 0.3) is 0 Å². The van der Waals surface area contributed by atoms with Gasteiger partial charge in [-0.2, -0.15) is 0 Å². The van der Waals surface area contributed by atoms with Gasteiger partial charge >= 0.3 is 5.82 Å². The highest BCUT2D eigenvalue weighted by Gasteiger charge is 2.25. The van der Waals surface area contributed by atoms with E-state index in [1.807, 2.05) is 7.05 Å². The monoisotopic (exact) mass is 252 g/mol. The minimum atomic E-state index is -0.411. The topological polar surface area (TPSA) is 73.0 Å². The fourth-order valence-corrected chi connectivity index (χ4v) is 2.50. The van der Waals surface area contributed by atoms with E-state index in [0.717, 1.165) is 12.8 Å². The van der Waals surface area contributed by atoms with E-state index >= 15 is 0 Å². The molecule has 0 atom stereocenters. The van der Waals surface area contributed by atoms with Gasteiger partial charge in [0.15, 0.2) is 0 Å². The molecule has 1 aliphatic carbocycles. The smallest absolute Gasteiger partial charge is 0.362 e. The summed E-state index contributed by atoms with van der Waals surface area (Å²) in [5, 5.41) is 14.3. The summed E-state index contributed by atoms with van der Waals surface area (Å²) in [6, 6.07) is 0.334. The minimum absolute atomic E-state index is 0.0563. The molecular formula is C12H20N4O2. The molecule has 0 unspecified atom stereocenters. The zero-order chi connectivity index (χ0) is 13.1. The van der Waals surface area contributed by atoms with Crippen molar-refractivity contribution in [1.29, 1.82) is 0 Å². The number of nitrogens with zero attached hydrogens (tertiary/aromatic N) is 3.